The number of hydrogen-bond donors (Lipinski definition) is 0. The van der Waals surface area contributed by atoms with E-state index in [0.717, 1.165) is 16.8 Å². The standard InChI is InChI=1S/C16H17ClN2O/c1-4-19(14-8-11(2)7-12(3)9-14)16(20)13-5-6-15(17)18-10-13/h5-10H,4H2,1-3H3. The second-order valence-corrected chi connectivity index (χ2v) is 5.15. The number of aryl methyl sites for hydroxylation is 2. The van der Waals surface area contributed by atoms with Crippen molar-refractivity contribution < 1.29 is 4.79 Å². The van der Waals surface area contributed by atoms with Gasteiger partial charge in [0, 0.05) is 18.4 Å². The van der Waals surface area contributed by atoms with Crippen molar-refractivity contribution >= 4 is 23.2 Å². The number of hydrogen-bond acceptors (Lipinski definition) is 2. The highest BCUT2D eigenvalue weighted by Crippen LogP contribution is 2.21. The monoisotopic (exact) mass is 288 g/mol. The summed E-state index contributed by atoms with van der Waals surface area (Å²) in [5.41, 5.74) is 3.72. The van der Waals surface area contributed by atoms with E-state index in [1.54, 1.807) is 17.0 Å². The van der Waals surface area contributed by atoms with E-state index in [1.165, 1.54) is 6.20 Å². The topological polar surface area (TPSA) is 33.2 Å². The second kappa shape index (κ2) is 6.06. The van der Waals surface area contributed by atoms with Gasteiger partial charge in [-0.15, -0.1) is 0 Å². The largest absolute Gasteiger partial charge is 0.309 e. The number of halogens is 1. The van der Waals surface area contributed by atoms with Gasteiger partial charge in [0.25, 0.3) is 5.91 Å². The first-order valence-electron chi connectivity index (χ1n) is 6.53. The Morgan fingerprint density at radius 2 is 1.85 bits per heavy atom. The molecular weight excluding hydrogens is 272 g/mol. The first-order chi connectivity index (χ1) is 9.51. The first kappa shape index (κ1) is 14.5. The van der Waals surface area contributed by atoms with Crippen LogP contribution in [0.3, 0.4) is 0 Å². The fraction of sp³-hybridized carbons (Fsp3) is 0.250. The highest BCUT2D eigenvalue weighted by molar-refractivity contribution is 6.29. The second-order valence-electron chi connectivity index (χ2n) is 4.76. The van der Waals surface area contributed by atoms with Gasteiger partial charge in [0.1, 0.15) is 5.15 Å². The van der Waals surface area contributed by atoms with Gasteiger partial charge in [-0.05, 0) is 56.2 Å². The molecule has 1 aromatic heterocycles. The SMILES string of the molecule is CCN(C(=O)c1ccc(Cl)nc1)c1cc(C)cc(C)c1. The summed E-state index contributed by atoms with van der Waals surface area (Å²) in [4.78, 5) is 18.3. The molecule has 0 aliphatic rings. The summed E-state index contributed by atoms with van der Waals surface area (Å²) in [7, 11) is 0. The lowest BCUT2D eigenvalue weighted by Crippen LogP contribution is -2.30. The Kier molecular flexibility index (Phi) is 4.40. The first-order valence-corrected chi connectivity index (χ1v) is 6.90. The van der Waals surface area contributed by atoms with Crippen LogP contribution in [0.4, 0.5) is 5.69 Å². The number of amides is 1. The van der Waals surface area contributed by atoms with Crippen molar-refractivity contribution in [2.75, 3.05) is 11.4 Å². The van der Waals surface area contributed by atoms with Crippen LogP contribution in [0, 0.1) is 13.8 Å². The summed E-state index contributed by atoms with van der Waals surface area (Å²) in [6.45, 7) is 6.61. The fourth-order valence-electron chi connectivity index (χ4n) is 2.21. The third kappa shape index (κ3) is 3.17. The number of carbonyl (C=O) groups is 1. The molecule has 0 aliphatic heterocycles. The minimum atomic E-state index is -0.0679. The molecular formula is C16H17ClN2O. The highest BCUT2D eigenvalue weighted by atomic mass is 35.5. The van der Waals surface area contributed by atoms with Crippen LogP contribution >= 0.6 is 11.6 Å². The number of carbonyl (C=O) groups excluding carboxylic acids is 1. The van der Waals surface area contributed by atoms with Crippen LogP contribution in [-0.2, 0) is 0 Å². The Balaban J connectivity index is 2.36. The fourth-order valence-corrected chi connectivity index (χ4v) is 2.32. The summed E-state index contributed by atoms with van der Waals surface area (Å²) < 4.78 is 0. The number of nitrogens with zero attached hydrogens (tertiary/aromatic N) is 2. The molecule has 0 bridgehead atoms. The van der Waals surface area contributed by atoms with Crippen molar-refractivity contribution in [1.29, 1.82) is 0 Å². The maximum Gasteiger partial charge on any atom is 0.259 e. The van der Waals surface area contributed by atoms with Gasteiger partial charge in [-0.2, -0.15) is 0 Å². The van der Waals surface area contributed by atoms with E-state index in [-0.39, 0.29) is 5.91 Å². The number of benzene rings is 1. The molecule has 1 aromatic carbocycles. The molecule has 0 fully saturated rings. The molecule has 0 spiro atoms. The molecule has 1 amide bonds. The van der Waals surface area contributed by atoms with Gasteiger partial charge in [0.15, 0.2) is 0 Å². The predicted molar refractivity (Wildman–Crippen MR) is 82.5 cm³/mol. The number of anilines is 1. The van der Waals surface area contributed by atoms with E-state index in [4.69, 9.17) is 11.6 Å². The average Bonchev–Trinajstić information content (AvgIpc) is 2.39. The van der Waals surface area contributed by atoms with E-state index in [0.29, 0.717) is 17.3 Å². The number of rotatable bonds is 3. The quantitative estimate of drug-likeness (QED) is 0.799. The van der Waals surface area contributed by atoms with E-state index in [2.05, 4.69) is 11.1 Å². The Morgan fingerprint density at radius 1 is 1.20 bits per heavy atom. The zero-order valence-electron chi connectivity index (χ0n) is 11.9. The Bertz CT molecular complexity index is 603. The zero-order valence-corrected chi connectivity index (χ0v) is 12.6. The Labute approximate surface area is 124 Å². The smallest absolute Gasteiger partial charge is 0.259 e. The number of aromatic nitrogens is 1. The van der Waals surface area contributed by atoms with Crippen molar-refractivity contribution in [2.24, 2.45) is 0 Å². The van der Waals surface area contributed by atoms with E-state index in [1.807, 2.05) is 32.9 Å². The molecule has 1 heterocycles. The molecule has 104 valence electrons. The molecule has 2 rings (SSSR count). The van der Waals surface area contributed by atoms with Crippen LogP contribution in [0.15, 0.2) is 36.5 Å². The molecule has 4 heteroatoms. The van der Waals surface area contributed by atoms with Crippen LogP contribution in [-0.4, -0.2) is 17.4 Å². The molecule has 0 aliphatic carbocycles. The molecule has 0 radical (unpaired) electrons. The predicted octanol–water partition coefficient (Wildman–Crippen LogP) is 4.02. The molecule has 0 N–H and O–H groups in total. The third-order valence-corrected chi connectivity index (χ3v) is 3.28. The van der Waals surface area contributed by atoms with Gasteiger partial charge >= 0.3 is 0 Å². The normalized spacial score (nSPS) is 10.4. The lowest BCUT2D eigenvalue weighted by Gasteiger charge is -2.22. The third-order valence-electron chi connectivity index (χ3n) is 3.05. The van der Waals surface area contributed by atoms with Gasteiger partial charge in [0.2, 0.25) is 0 Å². The summed E-state index contributed by atoms with van der Waals surface area (Å²) in [6, 6.07) is 9.44. The number of pyridine rings is 1. The molecule has 3 nitrogen and oxygen atoms in total. The van der Waals surface area contributed by atoms with Crippen molar-refractivity contribution in [3.8, 4) is 0 Å². The zero-order chi connectivity index (χ0) is 14.7. The van der Waals surface area contributed by atoms with E-state index < -0.39 is 0 Å². The molecule has 0 saturated heterocycles. The van der Waals surface area contributed by atoms with Crippen LogP contribution < -0.4 is 4.90 Å². The minimum absolute atomic E-state index is 0.0679. The van der Waals surface area contributed by atoms with Gasteiger partial charge in [-0.3, -0.25) is 4.79 Å². The summed E-state index contributed by atoms with van der Waals surface area (Å²) in [5.74, 6) is -0.0679. The molecule has 0 saturated carbocycles. The Morgan fingerprint density at radius 3 is 2.35 bits per heavy atom. The Hall–Kier alpha value is -1.87. The van der Waals surface area contributed by atoms with Gasteiger partial charge in [0.05, 0.1) is 5.56 Å². The maximum atomic E-state index is 12.6. The van der Waals surface area contributed by atoms with Crippen molar-refractivity contribution in [1.82, 2.24) is 4.98 Å². The van der Waals surface area contributed by atoms with Gasteiger partial charge in [-0.1, -0.05) is 17.7 Å². The maximum absolute atomic E-state index is 12.6. The van der Waals surface area contributed by atoms with E-state index in [9.17, 15) is 4.79 Å². The molecule has 2 aromatic rings. The van der Waals surface area contributed by atoms with Crippen LogP contribution in [0.1, 0.15) is 28.4 Å². The van der Waals surface area contributed by atoms with Crippen molar-refractivity contribution in [3.63, 3.8) is 0 Å². The van der Waals surface area contributed by atoms with Gasteiger partial charge < -0.3 is 4.90 Å². The van der Waals surface area contributed by atoms with Crippen molar-refractivity contribution in [3.05, 3.63) is 58.4 Å². The molecule has 20 heavy (non-hydrogen) atoms. The molecule has 0 atom stereocenters. The molecule has 0 unspecified atom stereocenters. The average molecular weight is 289 g/mol. The summed E-state index contributed by atoms with van der Waals surface area (Å²) in [5, 5.41) is 0.385. The van der Waals surface area contributed by atoms with Crippen LogP contribution in [0.2, 0.25) is 5.15 Å². The summed E-state index contributed by atoms with van der Waals surface area (Å²) in [6.07, 6.45) is 1.51. The minimum Gasteiger partial charge on any atom is -0.309 e. The van der Waals surface area contributed by atoms with Crippen LogP contribution in [0.5, 0.6) is 0 Å². The van der Waals surface area contributed by atoms with Crippen molar-refractivity contribution in [2.45, 2.75) is 20.8 Å². The van der Waals surface area contributed by atoms with Crippen LogP contribution in [0.25, 0.3) is 0 Å². The van der Waals surface area contributed by atoms with Gasteiger partial charge in [-0.25, -0.2) is 4.98 Å². The lowest BCUT2D eigenvalue weighted by atomic mass is 10.1. The highest BCUT2D eigenvalue weighted by Gasteiger charge is 2.16. The lowest BCUT2D eigenvalue weighted by molar-refractivity contribution is 0.0988. The van der Waals surface area contributed by atoms with E-state index >= 15 is 0 Å². The summed E-state index contributed by atoms with van der Waals surface area (Å²) >= 11 is 5.75.